The molecular formula is C18H28NO3+. The van der Waals surface area contributed by atoms with Crippen LogP contribution in [0.5, 0.6) is 11.5 Å². The van der Waals surface area contributed by atoms with Crippen LogP contribution in [0.15, 0.2) is 30.9 Å². The fourth-order valence-corrected chi connectivity index (χ4v) is 3.04. The Morgan fingerprint density at radius 2 is 2.05 bits per heavy atom. The van der Waals surface area contributed by atoms with Crippen molar-refractivity contribution in [3.8, 4) is 11.5 Å². The van der Waals surface area contributed by atoms with Crippen LogP contribution in [0.2, 0.25) is 0 Å². The molecule has 0 saturated carbocycles. The molecule has 0 spiro atoms. The van der Waals surface area contributed by atoms with Crippen molar-refractivity contribution in [2.24, 2.45) is 0 Å². The minimum Gasteiger partial charge on any atom is -0.497 e. The second-order valence-electron chi connectivity index (χ2n) is 5.98. The van der Waals surface area contributed by atoms with Gasteiger partial charge < -0.3 is 19.1 Å². The molecule has 122 valence electrons. The molecule has 1 aliphatic heterocycles. The molecule has 1 N–H and O–H groups in total. The molecule has 0 unspecified atom stereocenters. The average Bonchev–Trinajstić information content (AvgIpc) is 2.48. The van der Waals surface area contributed by atoms with E-state index in [1.165, 1.54) is 0 Å². The Hall–Kier alpha value is -1.52. The Bertz CT molecular complexity index is 479. The molecular weight excluding hydrogens is 278 g/mol. The van der Waals surface area contributed by atoms with Gasteiger partial charge in [-0.05, 0) is 38.5 Å². The van der Waals surface area contributed by atoms with E-state index in [9.17, 15) is 0 Å². The van der Waals surface area contributed by atoms with Gasteiger partial charge in [-0.1, -0.05) is 6.08 Å². The van der Waals surface area contributed by atoms with E-state index in [4.69, 9.17) is 14.2 Å². The van der Waals surface area contributed by atoms with E-state index < -0.39 is 0 Å². The fourth-order valence-electron chi connectivity index (χ4n) is 3.04. The van der Waals surface area contributed by atoms with Crippen LogP contribution in [-0.2, 0) is 11.2 Å². The number of rotatable bonds is 7. The molecule has 4 heteroatoms. The molecule has 2 atom stereocenters. The van der Waals surface area contributed by atoms with E-state index >= 15 is 0 Å². The van der Waals surface area contributed by atoms with Crippen LogP contribution in [-0.4, -0.2) is 45.6 Å². The van der Waals surface area contributed by atoms with E-state index in [0.717, 1.165) is 43.1 Å². The van der Waals surface area contributed by atoms with Gasteiger partial charge in [0.1, 0.15) is 49.9 Å². The molecule has 1 saturated heterocycles. The van der Waals surface area contributed by atoms with Crippen LogP contribution in [0.1, 0.15) is 19.4 Å². The number of hydrogen-bond acceptors (Lipinski definition) is 3. The van der Waals surface area contributed by atoms with Crippen LogP contribution < -0.4 is 14.4 Å². The standard InChI is InChI=1S/C18H27NO3/c1-5-6-16-11-17(20-4)7-8-18(16)21-10-9-19-12-14(2)22-15(3)13-19/h5,7-8,11,14-15H,1,6,9-10,12-13H2,2-4H3/p+1/t14-,15-/m0/s1. The van der Waals surface area contributed by atoms with Gasteiger partial charge in [-0.25, -0.2) is 0 Å². The van der Waals surface area contributed by atoms with Gasteiger partial charge in [0.15, 0.2) is 0 Å². The van der Waals surface area contributed by atoms with E-state index in [0.29, 0.717) is 18.8 Å². The van der Waals surface area contributed by atoms with Crippen molar-refractivity contribution < 1.29 is 19.1 Å². The van der Waals surface area contributed by atoms with Crippen molar-refractivity contribution in [3.05, 3.63) is 36.4 Å². The lowest BCUT2D eigenvalue weighted by atomic mass is 10.1. The maximum absolute atomic E-state index is 6.00. The highest BCUT2D eigenvalue weighted by molar-refractivity contribution is 5.41. The molecule has 1 aromatic carbocycles. The third kappa shape index (κ3) is 4.75. The van der Waals surface area contributed by atoms with Crippen LogP contribution in [0.25, 0.3) is 0 Å². The highest BCUT2D eigenvalue weighted by Crippen LogP contribution is 2.24. The summed E-state index contributed by atoms with van der Waals surface area (Å²) in [7, 11) is 1.68. The Morgan fingerprint density at radius 3 is 2.68 bits per heavy atom. The summed E-state index contributed by atoms with van der Waals surface area (Å²) < 4.78 is 17.0. The highest BCUT2D eigenvalue weighted by Gasteiger charge is 2.25. The normalized spacial score (nSPS) is 24.8. The van der Waals surface area contributed by atoms with E-state index in [2.05, 4.69) is 20.4 Å². The second kappa shape index (κ2) is 8.20. The number of benzene rings is 1. The number of methoxy groups -OCH3 is 1. The first kappa shape index (κ1) is 16.8. The minimum absolute atomic E-state index is 0.330. The molecule has 1 aromatic rings. The van der Waals surface area contributed by atoms with E-state index in [-0.39, 0.29) is 0 Å². The third-order valence-electron chi connectivity index (χ3n) is 3.96. The summed E-state index contributed by atoms with van der Waals surface area (Å²) in [6.45, 7) is 11.9. The minimum atomic E-state index is 0.330. The first-order chi connectivity index (χ1) is 10.6. The molecule has 0 aliphatic carbocycles. The summed E-state index contributed by atoms with van der Waals surface area (Å²) >= 11 is 0. The lowest BCUT2D eigenvalue weighted by Gasteiger charge is -2.32. The first-order valence-corrected chi connectivity index (χ1v) is 8.02. The zero-order chi connectivity index (χ0) is 15.9. The van der Waals surface area contributed by atoms with Gasteiger partial charge in [0, 0.05) is 5.56 Å². The number of allylic oxidation sites excluding steroid dienone is 1. The van der Waals surface area contributed by atoms with Crippen LogP contribution in [0.4, 0.5) is 0 Å². The smallest absolute Gasteiger partial charge is 0.137 e. The SMILES string of the molecule is C=CCc1cc(OC)ccc1OCC[NH+]1C[C@H](C)O[C@@H](C)C1. The first-order valence-electron chi connectivity index (χ1n) is 8.02. The largest absolute Gasteiger partial charge is 0.497 e. The topological polar surface area (TPSA) is 32.1 Å². The Morgan fingerprint density at radius 1 is 1.32 bits per heavy atom. The van der Waals surface area contributed by atoms with Gasteiger partial charge in [-0.2, -0.15) is 0 Å². The van der Waals surface area contributed by atoms with E-state index in [1.54, 1.807) is 12.0 Å². The summed E-state index contributed by atoms with van der Waals surface area (Å²) in [6, 6.07) is 5.94. The van der Waals surface area contributed by atoms with Crippen molar-refractivity contribution >= 4 is 0 Å². The van der Waals surface area contributed by atoms with Gasteiger partial charge in [0.05, 0.1) is 7.11 Å². The highest BCUT2D eigenvalue weighted by atomic mass is 16.5. The number of morpholine rings is 1. The summed E-state index contributed by atoms with van der Waals surface area (Å²) in [5.74, 6) is 1.78. The molecule has 0 aromatic heterocycles. The molecule has 0 bridgehead atoms. The van der Waals surface area contributed by atoms with Gasteiger partial charge in [-0.15, -0.1) is 6.58 Å². The van der Waals surface area contributed by atoms with Crippen molar-refractivity contribution in [3.63, 3.8) is 0 Å². The van der Waals surface area contributed by atoms with Crippen LogP contribution in [0, 0.1) is 0 Å². The van der Waals surface area contributed by atoms with Gasteiger partial charge >= 0.3 is 0 Å². The summed E-state index contributed by atoms with van der Waals surface area (Å²) in [5.41, 5.74) is 1.12. The van der Waals surface area contributed by atoms with Crippen molar-refractivity contribution in [2.75, 3.05) is 33.4 Å². The van der Waals surface area contributed by atoms with Crippen molar-refractivity contribution in [1.82, 2.24) is 0 Å². The van der Waals surface area contributed by atoms with Crippen molar-refractivity contribution in [2.45, 2.75) is 32.5 Å². The number of hydrogen-bond donors (Lipinski definition) is 1. The predicted octanol–water partition coefficient (Wildman–Crippen LogP) is 1.49. The van der Waals surface area contributed by atoms with Crippen LogP contribution >= 0.6 is 0 Å². The zero-order valence-corrected chi connectivity index (χ0v) is 13.9. The maximum atomic E-state index is 6.00. The molecule has 1 heterocycles. The molecule has 4 nitrogen and oxygen atoms in total. The number of quaternary nitrogens is 1. The summed E-state index contributed by atoms with van der Waals surface area (Å²) in [4.78, 5) is 1.55. The maximum Gasteiger partial charge on any atom is 0.137 e. The lowest BCUT2D eigenvalue weighted by molar-refractivity contribution is -0.915. The molecule has 22 heavy (non-hydrogen) atoms. The van der Waals surface area contributed by atoms with Crippen molar-refractivity contribution in [1.29, 1.82) is 0 Å². The molecule has 0 radical (unpaired) electrons. The number of ether oxygens (including phenoxy) is 3. The van der Waals surface area contributed by atoms with Gasteiger partial charge in [0.25, 0.3) is 0 Å². The predicted molar refractivity (Wildman–Crippen MR) is 88.0 cm³/mol. The quantitative estimate of drug-likeness (QED) is 0.775. The molecule has 0 amide bonds. The Balaban J connectivity index is 1.89. The Kier molecular flexibility index (Phi) is 6.28. The summed E-state index contributed by atoms with van der Waals surface area (Å²) in [6.07, 6.45) is 3.33. The average molecular weight is 306 g/mol. The second-order valence-corrected chi connectivity index (χ2v) is 5.98. The number of nitrogens with one attached hydrogen (secondary N) is 1. The van der Waals surface area contributed by atoms with Gasteiger partial charge in [0.2, 0.25) is 0 Å². The molecule has 1 aliphatic rings. The Labute approximate surface area is 133 Å². The molecule has 2 rings (SSSR count). The molecule has 1 fully saturated rings. The fraction of sp³-hybridized carbons (Fsp3) is 0.556. The zero-order valence-electron chi connectivity index (χ0n) is 13.9. The van der Waals surface area contributed by atoms with Gasteiger partial charge in [-0.3, -0.25) is 0 Å². The monoisotopic (exact) mass is 306 g/mol. The van der Waals surface area contributed by atoms with Crippen LogP contribution in [0.3, 0.4) is 0 Å². The lowest BCUT2D eigenvalue weighted by Crippen LogP contribution is -3.16. The third-order valence-corrected chi connectivity index (χ3v) is 3.96. The summed E-state index contributed by atoms with van der Waals surface area (Å²) in [5, 5.41) is 0. The van der Waals surface area contributed by atoms with E-state index in [1.807, 2.05) is 24.3 Å².